The minimum Gasteiger partial charge on any atom is -0.458 e. The van der Waals surface area contributed by atoms with Crippen LogP contribution in [-0.4, -0.2) is 9.97 Å². The first-order valence-corrected chi connectivity index (χ1v) is 4.08. The van der Waals surface area contributed by atoms with Gasteiger partial charge in [0.15, 0.2) is 4.67 Å². The van der Waals surface area contributed by atoms with E-state index in [4.69, 9.17) is 4.42 Å². The summed E-state index contributed by atoms with van der Waals surface area (Å²) >= 11 is 3.11. The fourth-order valence-corrected chi connectivity index (χ4v) is 0.772. The van der Waals surface area contributed by atoms with Gasteiger partial charge in [-0.2, -0.15) is 0 Å². The largest absolute Gasteiger partial charge is 0.458 e. The third kappa shape index (κ3) is 3.88. The van der Waals surface area contributed by atoms with Gasteiger partial charge in [-0.1, -0.05) is 0 Å². The molecule has 0 atom stereocenters. The molecule has 4 heteroatoms. The first-order chi connectivity index (χ1) is 5.89. The van der Waals surface area contributed by atoms with Gasteiger partial charge < -0.3 is 4.42 Å². The van der Waals surface area contributed by atoms with Crippen LogP contribution < -0.4 is 0 Å². The van der Waals surface area contributed by atoms with Crippen LogP contribution in [0.2, 0.25) is 0 Å². The minimum atomic E-state index is 0.780. The summed E-state index contributed by atoms with van der Waals surface area (Å²) in [5.74, 6) is 0. The summed E-state index contributed by atoms with van der Waals surface area (Å²) in [5, 5.41) is 0. The smallest absolute Gasteiger partial charge is 0.168 e. The molecule has 0 aliphatic heterocycles. The maximum absolute atomic E-state index is 4.75. The van der Waals surface area contributed by atoms with Crippen LogP contribution in [0.3, 0.4) is 0 Å². The van der Waals surface area contributed by atoms with Crippen molar-refractivity contribution in [2.75, 3.05) is 0 Å². The van der Waals surface area contributed by atoms with E-state index < -0.39 is 0 Å². The summed E-state index contributed by atoms with van der Waals surface area (Å²) in [7, 11) is 0. The average Bonchev–Trinajstić information content (AvgIpc) is 2.60. The summed E-state index contributed by atoms with van der Waals surface area (Å²) in [6.07, 6.45) is 6.49. The van der Waals surface area contributed by atoms with Crippen molar-refractivity contribution in [1.82, 2.24) is 9.97 Å². The molecule has 0 saturated carbocycles. The number of halogens is 1. The molecule has 0 bridgehead atoms. The molecular weight excluding hydrogens is 220 g/mol. The zero-order chi connectivity index (χ0) is 8.65. The Hall–Kier alpha value is -1.16. The number of hydrogen-bond donors (Lipinski definition) is 0. The highest BCUT2D eigenvalue weighted by Gasteiger charge is 1.78. The van der Waals surface area contributed by atoms with Gasteiger partial charge >= 0.3 is 0 Å². The SMILES string of the molecule is Brc1ccco1.c1cncnc1. The van der Waals surface area contributed by atoms with E-state index in [-0.39, 0.29) is 0 Å². The Bertz CT molecular complexity index is 256. The van der Waals surface area contributed by atoms with Crippen molar-refractivity contribution in [2.24, 2.45) is 0 Å². The molecular formula is C8H7BrN2O. The molecule has 2 aromatic rings. The third-order valence-electron chi connectivity index (χ3n) is 0.964. The number of aromatic nitrogens is 2. The quantitative estimate of drug-likeness (QED) is 0.694. The van der Waals surface area contributed by atoms with E-state index in [9.17, 15) is 0 Å². The maximum Gasteiger partial charge on any atom is 0.168 e. The first kappa shape index (κ1) is 8.93. The number of nitrogens with zero attached hydrogens (tertiary/aromatic N) is 2. The molecule has 2 aromatic heterocycles. The highest BCUT2D eigenvalue weighted by atomic mass is 79.9. The summed E-state index contributed by atoms with van der Waals surface area (Å²) in [5.41, 5.74) is 0. The van der Waals surface area contributed by atoms with Crippen LogP contribution in [0.4, 0.5) is 0 Å². The third-order valence-corrected chi connectivity index (χ3v) is 1.42. The van der Waals surface area contributed by atoms with E-state index in [0.29, 0.717) is 0 Å². The van der Waals surface area contributed by atoms with Crippen LogP contribution in [-0.2, 0) is 0 Å². The summed E-state index contributed by atoms with van der Waals surface area (Å²) < 4.78 is 5.53. The molecule has 0 unspecified atom stereocenters. The summed E-state index contributed by atoms with van der Waals surface area (Å²) in [4.78, 5) is 7.35. The van der Waals surface area contributed by atoms with Gasteiger partial charge in [-0.25, -0.2) is 9.97 Å². The van der Waals surface area contributed by atoms with Crippen LogP contribution in [0.5, 0.6) is 0 Å². The van der Waals surface area contributed by atoms with Gasteiger partial charge in [0.2, 0.25) is 0 Å². The van der Waals surface area contributed by atoms with Crippen LogP contribution in [0.15, 0.2) is 52.3 Å². The normalized spacial score (nSPS) is 8.42. The van der Waals surface area contributed by atoms with Crippen molar-refractivity contribution in [3.8, 4) is 0 Å². The van der Waals surface area contributed by atoms with E-state index in [0.717, 1.165) is 4.67 Å². The monoisotopic (exact) mass is 226 g/mol. The Morgan fingerprint density at radius 3 is 2.08 bits per heavy atom. The predicted molar refractivity (Wildman–Crippen MR) is 48.4 cm³/mol. The molecule has 0 spiro atoms. The van der Waals surface area contributed by atoms with E-state index in [1.165, 1.54) is 6.33 Å². The molecule has 0 aliphatic carbocycles. The lowest BCUT2D eigenvalue weighted by molar-refractivity contribution is 0.541. The predicted octanol–water partition coefficient (Wildman–Crippen LogP) is 2.52. The van der Waals surface area contributed by atoms with Crippen molar-refractivity contribution in [3.63, 3.8) is 0 Å². The van der Waals surface area contributed by atoms with Gasteiger partial charge in [0.1, 0.15) is 6.33 Å². The van der Waals surface area contributed by atoms with Crippen molar-refractivity contribution in [2.45, 2.75) is 0 Å². The van der Waals surface area contributed by atoms with E-state index in [1.807, 2.05) is 12.1 Å². The van der Waals surface area contributed by atoms with E-state index in [2.05, 4.69) is 25.9 Å². The van der Waals surface area contributed by atoms with Gasteiger partial charge in [0.05, 0.1) is 6.26 Å². The first-order valence-electron chi connectivity index (χ1n) is 3.28. The second kappa shape index (κ2) is 5.49. The van der Waals surface area contributed by atoms with Crippen molar-refractivity contribution in [1.29, 1.82) is 0 Å². The van der Waals surface area contributed by atoms with Crippen LogP contribution in [0.1, 0.15) is 0 Å². The Labute approximate surface area is 78.6 Å². The standard InChI is InChI=1S/C4H3BrO.C4H4N2/c5-4-2-1-3-6-4;1-2-5-4-6-3-1/h1-3H;1-4H. The maximum atomic E-state index is 4.75. The van der Waals surface area contributed by atoms with Gasteiger partial charge in [0.25, 0.3) is 0 Å². The molecule has 62 valence electrons. The molecule has 2 heterocycles. The molecule has 2 rings (SSSR count). The Kier molecular flexibility index (Phi) is 4.08. The lowest BCUT2D eigenvalue weighted by atomic mass is 10.7. The van der Waals surface area contributed by atoms with Crippen molar-refractivity contribution in [3.05, 3.63) is 47.9 Å². The highest BCUT2D eigenvalue weighted by Crippen LogP contribution is 2.06. The van der Waals surface area contributed by atoms with Gasteiger partial charge in [-0.15, -0.1) is 0 Å². The summed E-state index contributed by atoms with van der Waals surface area (Å²) in [6, 6.07) is 5.43. The lowest BCUT2D eigenvalue weighted by Gasteiger charge is -1.70. The minimum absolute atomic E-state index is 0.780. The van der Waals surface area contributed by atoms with E-state index >= 15 is 0 Å². The molecule has 0 amide bonds. The fraction of sp³-hybridized carbons (Fsp3) is 0. The Morgan fingerprint density at radius 2 is 1.92 bits per heavy atom. The molecule has 0 saturated heterocycles. The van der Waals surface area contributed by atoms with Crippen LogP contribution >= 0.6 is 15.9 Å². The van der Waals surface area contributed by atoms with E-state index in [1.54, 1.807) is 24.7 Å². The zero-order valence-electron chi connectivity index (χ0n) is 6.22. The van der Waals surface area contributed by atoms with Gasteiger partial charge in [-0.05, 0) is 34.1 Å². The highest BCUT2D eigenvalue weighted by molar-refractivity contribution is 9.10. The molecule has 0 radical (unpaired) electrons. The molecule has 0 N–H and O–H groups in total. The van der Waals surface area contributed by atoms with Gasteiger partial charge in [0, 0.05) is 12.4 Å². The Morgan fingerprint density at radius 1 is 1.17 bits per heavy atom. The zero-order valence-corrected chi connectivity index (χ0v) is 7.81. The number of rotatable bonds is 0. The molecule has 3 nitrogen and oxygen atoms in total. The van der Waals surface area contributed by atoms with Crippen molar-refractivity contribution < 1.29 is 4.42 Å². The average molecular weight is 227 g/mol. The molecule has 0 aliphatic rings. The Balaban J connectivity index is 0.000000120. The fourth-order valence-electron chi connectivity index (χ4n) is 0.512. The van der Waals surface area contributed by atoms with Crippen molar-refractivity contribution >= 4 is 15.9 Å². The van der Waals surface area contributed by atoms with Crippen LogP contribution in [0, 0.1) is 0 Å². The number of furan rings is 1. The lowest BCUT2D eigenvalue weighted by Crippen LogP contribution is -1.66. The number of hydrogen-bond acceptors (Lipinski definition) is 3. The van der Waals surface area contributed by atoms with Crippen LogP contribution in [0.25, 0.3) is 0 Å². The second-order valence-corrected chi connectivity index (χ2v) is 2.60. The topological polar surface area (TPSA) is 38.9 Å². The summed E-state index contributed by atoms with van der Waals surface area (Å²) in [6.45, 7) is 0. The molecule has 0 aromatic carbocycles. The molecule has 12 heavy (non-hydrogen) atoms. The van der Waals surface area contributed by atoms with Gasteiger partial charge in [-0.3, -0.25) is 0 Å². The second-order valence-electron chi connectivity index (χ2n) is 1.82. The molecule has 0 fully saturated rings.